The molecule has 0 amide bonds. The topological polar surface area (TPSA) is 12.5 Å². The molecule has 2 rings (SSSR count). The first kappa shape index (κ1) is 11.7. The first-order valence-electron chi connectivity index (χ1n) is 6.23. The quantitative estimate of drug-likeness (QED) is 0.693. The van der Waals surface area contributed by atoms with Gasteiger partial charge in [-0.3, -0.25) is 4.90 Å². The molecule has 15 heavy (non-hydrogen) atoms. The van der Waals surface area contributed by atoms with Gasteiger partial charge in [-0.1, -0.05) is 19.8 Å². The molecule has 1 saturated heterocycles. The first-order valence-corrected chi connectivity index (χ1v) is 6.76. The molecule has 0 spiro atoms. The van der Waals surface area contributed by atoms with Gasteiger partial charge in [0.05, 0.1) is 12.7 Å². The summed E-state index contributed by atoms with van der Waals surface area (Å²) in [6.45, 7) is 5.40. The second-order valence-electron chi connectivity index (χ2n) is 5.02. The Kier molecular flexibility index (Phi) is 4.30. The third-order valence-corrected chi connectivity index (χ3v) is 4.18. The van der Waals surface area contributed by atoms with E-state index < -0.39 is 0 Å². The summed E-state index contributed by atoms with van der Waals surface area (Å²) < 4.78 is 5.85. The summed E-state index contributed by atoms with van der Waals surface area (Å²) in [6.07, 6.45) is 5.81. The zero-order valence-electron chi connectivity index (χ0n) is 9.62. The Morgan fingerprint density at radius 3 is 3.00 bits per heavy atom. The SMILES string of the molecule is CC(CCl)CN1CCOC2CCCCC21. The van der Waals surface area contributed by atoms with Crippen LogP contribution in [0.25, 0.3) is 0 Å². The normalized spacial score (nSPS) is 34.8. The van der Waals surface area contributed by atoms with Crippen molar-refractivity contribution in [1.29, 1.82) is 0 Å². The van der Waals surface area contributed by atoms with Gasteiger partial charge in [0.25, 0.3) is 0 Å². The van der Waals surface area contributed by atoms with Crippen molar-refractivity contribution < 1.29 is 4.74 Å². The Morgan fingerprint density at radius 2 is 2.20 bits per heavy atom. The zero-order chi connectivity index (χ0) is 10.7. The molecule has 3 unspecified atom stereocenters. The van der Waals surface area contributed by atoms with E-state index in [1.54, 1.807) is 0 Å². The summed E-state index contributed by atoms with van der Waals surface area (Å²) in [6, 6.07) is 0.679. The van der Waals surface area contributed by atoms with Crippen LogP contribution in [0.5, 0.6) is 0 Å². The molecule has 1 heterocycles. The lowest BCUT2D eigenvalue weighted by Crippen LogP contribution is -2.53. The Morgan fingerprint density at radius 1 is 1.40 bits per heavy atom. The summed E-state index contributed by atoms with van der Waals surface area (Å²) >= 11 is 5.89. The fourth-order valence-corrected chi connectivity index (χ4v) is 2.95. The largest absolute Gasteiger partial charge is 0.375 e. The van der Waals surface area contributed by atoms with Crippen molar-refractivity contribution in [1.82, 2.24) is 4.90 Å². The number of halogens is 1. The van der Waals surface area contributed by atoms with Crippen LogP contribution in [-0.2, 0) is 4.74 Å². The molecule has 0 aromatic carbocycles. The average Bonchev–Trinajstić information content (AvgIpc) is 2.29. The molecule has 1 aliphatic heterocycles. The number of hydrogen-bond donors (Lipinski definition) is 0. The monoisotopic (exact) mass is 231 g/mol. The molecule has 0 bridgehead atoms. The highest BCUT2D eigenvalue weighted by Crippen LogP contribution is 2.28. The number of nitrogens with zero attached hydrogens (tertiary/aromatic N) is 1. The van der Waals surface area contributed by atoms with Crippen molar-refractivity contribution in [2.45, 2.75) is 44.8 Å². The minimum Gasteiger partial charge on any atom is -0.375 e. The van der Waals surface area contributed by atoms with Crippen LogP contribution in [0, 0.1) is 5.92 Å². The molecule has 3 atom stereocenters. The lowest BCUT2D eigenvalue weighted by Gasteiger charge is -2.44. The minimum atomic E-state index is 0.509. The zero-order valence-corrected chi connectivity index (χ0v) is 10.4. The predicted molar refractivity (Wildman–Crippen MR) is 63.5 cm³/mol. The summed E-state index contributed by atoms with van der Waals surface area (Å²) in [4.78, 5) is 2.61. The maximum absolute atomic E-state index is 5.89. The van der Waals surface area contributed by atoms with Crippen molar-refractivity contribution in [3.05, 3.63) is 0 Å². The number of ether oxygens (including phenoxy) is 1. The van der Waals surface area contributed by atoms with Gasteiger partial charge < -0.3 is 4.74 Å². The number of alkyl halides is 1. The highest BCUT2D eigenvalue weighted by atomic mass is 35.5. The van der Waals surface area contributed by atoms with Gasteiger partial charge in [0.1, 0.15) is 0 Å². The summed E-state index contributed by atoms with van der Waals surface area (Å²) in [5.74, 6) is 1.38. The fourth-order valence-electron chi connectivity index (χ4n) is 2.85. The number of fused-ring (bicyclic) bond motifs is 1. The third-order valence-electron chi connectivity index (χ3n) is 3.66. The molecule has 0 radical (unpaired) electrons. The number of morpholine rings is 1. The van der Waals surface area contributed by atoms with Crippen LogP contribution < -0.4 is 0 Å². The van der Waals surface area contributed by atoms with E-state index in [9.17, 15) is 0 Å². The smallest absolute Gasteiger partial charge is 0.0730 e. The van der Waals surface area contributed by atoms with E-state index in [0.29, 0.717) is 18.1 Å². The van der Waals surface area contributed by atoms with Crippen LogP contribution in [0.15, 0.2) is 0 Å². The van der Waals surface area contributed by atoms with E-state index >= 15 is 0 Å². The molecular weight excluding hydrogens is 210 g/mol. The summed E-state index contributed by atoms with van der Waals surface area (Å²) in [5, 5.41) is 0. The van der Waals surface area contributed by atoms with Crippen molar-refractivity contribution in [3.8, 4) is 0 Å². The van der Waals surface area contributed by atoms with Crippen LogP contribution in [0.1, 0.15) is 32.6 Å². The van der Waals surface area contributed by atoms with Gasteiger partial charge in [-0.25, -0.2) is 0 Å². The highest BCUT2D eigenvalue weighted by molar-refractivity contribution is 6.18. The van der Waals surface area contributed by atoms with Gasteiger partial charge in [-0.2, -0.15) is 0 Å². The fraction of sp³-hybridized carbons (Fsp3) is 1.00. The van der Waals surface area contributed by atoms with E-state index in [0.717, 1.165) is 25.6 Å². The van der Waals surface area contributed by atoms with Gasteiger partial charge >= 0.3 is 0 Å². The first-order chi connectivity index (χ1) is 7.31. The molecular formula is C12H22ClNO. The van der Waals surface area contributed by atoms with Crippen molar-refractivity contribution in [2.24, 2.45) is 5.92 Å². The van der Waals surface area contributed by atoms with E-state index in [-0.39, 0.29) is 0 Å². The van der Waals surface area contributed by atoms with Crippen LogP contribution >= 0.6 is 11.6 Å². The maximum Gasteiger partial charge on any atom is 0.0730 e. The Balaban J connectivity index is 1.91. The molecule has 88 valence electrons. The molecule has 1 aliphatic carbocycles. The average molecular weight is 232 g/mol. The molecule has 0 N–H and O–H groups in total. The van der Waals surface area contributed by atoms with E-state index in [2.05, 4.69) is 11.8 Å². The van der Waals surface area contributed by atoms with Gasteiger partial charge in [0, 0.05) is 25.0 Å². The summed E-state index contributed by atoms with van der Waals surface area (Å²) in [7, 11) is 0. The molecule has 0 aromatic heterocycles. The number of hydrogen-bond acceptors (Lipinski definition) is 2. The minimum absolute atomic E-state index is 0.509. The van der Waals surface area contributed by atoms with Crippen LogP contribution in [-0.4, -0.2) is 42.6 Å². The Bertz CT molecular complexity index is 198. The molecule has 2 fully saturated rings. The summed E-state index contributed by atoms with van der Waals surface area (Å²) in [5.41, 5.74) is 0. The van der Waals surface area contributed by atoms with Gasteiger partial charge in [-0.15, -0.1) is 11.6 Å². The third kappa shape index (κ3) is 2.86. The van der Waals surface area contributed by atoms with Crippen LogP contribution in [0.2, 0.25) is 0 Å². The van der Waals surface area contributed by atoms with Gasteiger partial charge in [0.15, 0.2) is 0 Å². The number of rotatable bonds is 3. The lowest BCUT2D eigenvalue weighted by atomic mass is 9.89. The molecule has 0 aromatic rings. The van der Waals surface area contributed by atoms with Crippen molar-refractivity contribution in [3.63, 3.8) is 0 Å². The molecule has 2 nitrogen and oxygen atoms in total. The maximum atomic E-state index is 5.89. The Hall–Kier alpha value is 0.210. The van der Waals surface area contributed by atoms with E-state index in [1.807, 2.05) is 0 Å². The van der Waals surface area contributed by atoms with Crippen molar-refractivity contribution in [2.75, 3.05) is 25.6 Å². The van der Waals surface area contributed by atoms with Gasteiger partial charge in [0.2, 0.25) is 0 Å². The van der Waals surface area contributed by atoms with Crippen molar-refractivity contribution >= 4 is 11.6 Å². The second-order valence-corrected chi connectivity index (χ2v) is 5.32. The van der Waals surface area contributed by atoms with Gasteiger partial charge in [-0.05, 0) is 18.8 Å². The lowest BCUT2D eigenvalue weighted by molar-refractivity contribution is -0.0907. The highest BCUT2D eigenvalue weighted by Gasteiger charge is 2.34. The van der Waals surface area contributed by atoms with Crippen LogP contribution in [0.4, 0.5) is 0 Å². The predicted octanol–water partition coefficient (Wildman–Crippen LogP) is 2.50. The molecule has 1 saturated carbocycles. The van der Waals surface area contributed by atoms with E-state index in [4.69, 9.17) is 16.3 Å². The van der Waals surface area contributed by atoms with Crippen LogP contribution in [0.3, 0.4) is 0 Å². The molecule has 3 heteroatoms. The van der Waals surface area contributed by atoms with E-state index in [1.165, 1.54) is 25.7 Å². The second kappa shape index (κ2) is 5.51. The Labute approximate surface area is 97.9 Å². The standard InChI is InChI=1S/C12H22ClNO/c1-10(8-13)9-14-6-7-15-12-5-3-2-4-11(12)14/h10-12H,2-9H2,1H3. The molecule has 2 aliphatic rings.